The third-order valence-corrected chi connectivity index (χ3v) is 6.66. The number of furan rings is 1. The molecule has 10 heteroatoms. The van der Waals surface area contributed by atoms with E-state index < -0.39 is 10.5 Å². The maximum absolute atomic E-state index is 13.6. The summed E-state index contributed by atoms with van der Waals surface area (Å²) < 4.78 is 13.1. The van der Waals surface area contributed by atoms with Crippen LogP contribution in [0.15, 0.2) is 105 Å². The average molecular weight is 565 g/mol. The largest absolute Gasteiger partial charge is 0.481 e. The molecule has 0 bridgehead atoms. The predicted octanol–water partition coefficient (Wildman–Crippen LogP) is 7.14. The van der Waals surface area contributed by atoms with Gasteiger partial charge in [0, 0.05) is 22.0 Å². The highest BCUT2D eigenvalue weighted by Crippen LogP contribution is 2.35. The van der Waals surface area contributed by atoms with Crippen LogP contribution < -0.4 is 10.3 Å². The number of nitro benzene ring substituents is 1. The molecule has 202 valence electrons. The molecule has 6 aromatic rings. The molecule has 9 nitrogen and oxygen atoms in total. The van der Waals surface area contributed by atoms with Crippen molar-refractivity contribution in [3.8, 4) is 17.3 Å². The minimum Gasteiger partial charge on any atom is -0.481 e. The van der Waals surface area contributed by atoms with Gasteiger partial charge in [-0.25, -0.2) is 4.98 Å². The fraction of sp³-hybridized carbons (Fsp3) is 0.0645. The molecule has 6 rings (SSSR count). The summed E-state index contributed by atoms with van der Waals surface area (Å²) in [5.74, 6) is 0.468. The topological polar surface area (TPSA) is 113 Å². The van der Waals surface area contributed by atoms with Gasteiger partial charge in [0.2, 0.25) is 11.6 Å². The number of benzene rings is 4. The number of nitro groups is 1. The Balaban J connectivity index is 1.49. The van der Waals surface area contributed by atoms with Crippen molar-refractivity contribution < 1.29 is 14.1 Å². The van der Waals surface area contributed by atoms with Crippen molar-refractivity contribution in [3.63, 3.8) is 0 Å². The monoisotopic (exact) mass is 564 g/mol. The number of para-hydroxylation sites is 2. The SMILES string of the molecule is Cc1cccc(COc2c(C=Nn3c(-c4cc5ccccc5o4)nc4ccccc4c3=O)cc(Cl)cc2[N+](=O)[O-])c1. The van der Waals surface area contributed by atoms with E-state index in [1.165, 1.54) is 18.3 Å². The molecule has 2 aromatic heterocycles. The fourth-order valence-corrected chi connectivity index (χ4v) is 4.77. The van der Waals surface area contributed by atoms with Gasteiger partial charge in [-0.15, -0.1) is 0 Å². The molecule has 0 aliphatic carbocycles. The summed E-state index contributed by atoms with van der Waals surface area (Å²) in [5, 5.41) is 17.7. The van der Waals surface area contributed by atoms with Crippen LogP contribution in [0.25, 0.3) is 33.5 Å². The summed E-state index contributed by atoms with van der Waals surface area (Å²) >= 11 is 6.25. The second kappa shape index (κ2) is 10.7. The Morgan fingerprint density at radius 3 is 2.66 bits per heavy atom. The number of aromatic nitrogens is 2. The first-order valence-corrected chi connectivity index (χ1v) is 13.0. The van der Waals surface area contributed by atoms with Crippen LogP contribution in [0.4, 0.5) is 5.69 Å². The van der Waals surface area contributed by atoms with Crippen molar-refractivity contribution in [2.24, 2.45) is 5.10 Å². The van der Waals surface area contributed by atoms with Gasteiger partial charge in [-0.2, -0.15) is 9.78 Å². The quantitative estimate of drug-likeness (QED) is 0.116. The zero-order valence-electron chi connectivity index (χ0n) is 21.7. The minimum atomic E-state index is -0.571. The highest BCUT2D eigenvalue weighted by Gasteiger charge is 2.22. The van der Waals surface area contributed by atoms with Crippen molar-refractivity contribution in [2.75, 3.05) is 0 Å². The lowest BCUT2D eigenvalue weighted by atomic mass is 10.1. The summed E-state index contributed by atoms with van der Waals surface area (Å²) in [4.78, 5) is 29.7. The van der Waals surface area contributed by atoms with E-state index in [0.717, 1.165) is 21.2 Å². The molecule has 0 spiro atoms. The molecular weight excluding hydrogens is 544 g/mol. The molecule has 0 aliphatic rings. The summed E-state index contributed by atoms with van der Waals surface area (Å²) in [6.45, 7) is 2.02. The lowest BCUT2D eigenvalue weighted by molar-refractivity contribution is -0.385. The van der Waals surface area contributed by atoms with Crippen LogP contribution in [0, 0.1) is 17.0 Å². The van der Waals surface area contributed by atoms with E-state index in [-0.39, 0.29) is 34.5 Å². The number of hydrogen-bond acceptors (Lipinski definition) is 7. The minimum absolute atomic E-state index is 0.0308. The van der Waals surface area contributed by atoms with Gasteiger partial charge in [-0.1, -0.05) is 71.8 Å². The van der Waals surface area contributed by atoms with Crippen molar-refractivity contribution in [1.82, 2.24) is 9.66 Å². The molecule has 0 radical (unpaired) electrons. The van der Waals surface area contributed by atoms with Gasteiger partial charge in [0.25, 0.3) is 5.56 Å². The highest BCUT2D eigenvalue weighted by atomic mass is 35.5. The van der Waals surface area contributed by atoms with Crippen molar-refractivity contribution in [3.05, 3.63) is 133 Å². The number of fused-ring (bicyclic) bond motifs is 2. The lowest BCUT2D eigenvalue weighted by Gasteiger charge is -2.11. The number of halogens is 1. The first kappa shape index (κ1) is 26.0. The number of nitrogens with zero attached hydrogens (tertiary/aromatic N) is 4. The summed E-state index contributed by atoms with van der Waals surface area (Å²) in [6.07, 6.45) is 1.30. The van der Waals surface area contributed by atoms with E-state index in [9.17, 15) is 14.9 Å². The molecule has 0 saturated carbocycles. The molecule has 0 N–H and O–H groups in total. The van der Waals surface area contributed by atoms with Crippen LogP contribution in [0.2, 0.25) is 5.02 Å². The second-order valence-electron chi connectivity index (χ2n) is 9.34. The molecule has 0 amide bonds. The predicted molar refractivity (Wildman–Crippen MR) is 158 cm³/mol. The van der Waals surface area contributed by atoms with Gasteiger partial charge >= 0.3 is 5.69 Å². The smallest absolute Gasteiger partial charge is 0.313 e. The Hall–Kier alpha value is -5.28. The third-order valence-electron chi connectivity index (χ3n) is 6.44. The molecule has 4 aromatic carbocycles. The van der Waals surface area contributed by atoms with E-state index in [4.69, 9.17) is 20.8 Å². The van der Waals surface area contributed by atoms with Crippen LogP contribution in [-0.4, -0.2) is 20.8 Å². The second-order valence-corrected chi connectivity index (χ2v) is 9.78. The van der Waals surface area contributed by atoms with Crippen molar-refractivity contribution >= 4 is 45.4 Å². The van der Waals surface area contributed by atoms with Crippen molar-refractivity contribution in [2.45, 2.75) is 13.5 Å². The maximum Gasteiger partial charge on any atom is 0.313 e. The molecule has 0 unspecified atom stereocenters. The third kappa shape index (κ3) is 5.18. The van der Waals surface area contributed by atoms with Crippen LogP contribution >= 0.6 is 11.6 Å². The van der Waals surface area contributed by atoms with E-state index in [1.807, 2.05) is 55.5 Å². The Labute approximate surface area is 238 Å². The van der Waals surface area contributed by atoms with E-state index in [1.54, 1.807) is 30.3 Å². The Morgan fingerprint density at radius 1 is 1.05 bits per heavy atom. The molecule has 0 atom stereocenters. The Kier molecular flexibility index (Phi) is 6.78. The van der Waals surface area contributed by atoms with Gasteiger partial charge in [0.15, 0.2) is 5.76 Å². The highest BCUT2D eigenvalue weighted by molar-refractivity contribution is 6.31. The first-order chi connectivity index (χ1) is 19.9. The molecule has 41 heavy (non-hydrogen) atoms. The molecule has 2 heterocycles. The van der Waals surface area contributed by atoms with Gasteiger partial charge in [0.05, 0.1) is 22.0 Å². The van der Waals surface area contributed by atoms with E-state index in [2.05, 4.69) is 10.1 Å². The van der Waals surface area contributed by atoms with Gasteiger partial charge in [0.1, 0.15) is 12.2 Å². The molecule has 0 fully saturated rings. The van der Waals surface area contributed by atoms with Gasteiger partial charge in [-0.3, -0.25) is 14.9 Å². The number of rotatable bonds is 7. The number of hydrogen-bond donors (Lipinski definition) is 0. The average Bonchev–Trinajstić information content (AvgIpc) is 3.40. The zero-order valence-corrected chi connectivity index (χ0v) is 22.4. The zero-order chi connectivity index (χ0) is 28.5. The van der Waals surface area contributed by atoms with Crippen LogP contribution in [-0.2, 0) is 6.61 Å². The van der Waals surface area contributed by atoms with E-state index in [0.29, 0.717) is 22.2 Å². The normalized spacial score (nSPS) is 11.5. The van der Waals surface area contributed by atoms with Crippen molar-refractivity contribution in [1.29, 1.82) is 0 Å². The first-order valence-electron chi connectivity index (χ1n) is 12.6. The fourth-order valence-electron chi connectivity index (χ4n) is 4.55. The standard InChI is InChI=1S/C31H21ClN4O5/c1-19-7-6-8-20(13-19)18-40-29-22(14-23(32)16-26(29)36(38)39)17-33-35-30(28-15-21-9-2-5-12-27(21)41-28)34-25-11-4-3-10-24(25)31(35)37/h2-17H,18H2,1H3. The summed E-state index contributed by atoms with van der Waals surface area (Å²) in [5.41, 5.74) is 2.40. The summed E-state index contributed by atoms with van der Waals surface area (Å²) in [7, 11) is 0. The number of ether oxygens (including phenoxy) is 1. The summed E-state index contributed by atoms with van der Waals surface area (Å²) in [6, 6.07) is 26.4. The number of aryl methyl sites for hydroxylation is 1. The van der Waals surface area contributed by atoms with Gasteiger partial charge in [-0.05, 0) is 42.8 Å². The van der Waals surface area contributed by atoms with Gasteiger partial charge < -0.3 is 9.15 Å². The molecule has 0 saturated heterocycles. The molecular formula is C31H21ClN4O5. The van der Waals surface area contributed by atoms with E-state index >= 15 is 0 Å². The Morgan fingerprint density at radius 2 is 1.85 bits per heavy atom. The molecule has 0 aliphatic heterocycles. The maximum atomic E-state index is 13.6. The van der Waals surface area contributed by atoms with Crippen LogP contribution in [0.1, 0.15) is 16.7 Å². The lowest BCUT2D eigenvalue weighted by Crippen LogP contribution is -2.20. The van der Waals surface area contributed by atoms with Crippen LogP contribution in [0.3, 0.4) is 0 Å². The Bertz CT molecular complexity index is 2010. The van der Waals surface area contributed by atoms with Crippen LogP contribution in [0.5, 0.6) is 5.75 Å².